The van der Waals surface area contributed by atoms with Crippen LogP contribution in [-0.2, 0) is 9.59 Å². The monoisotopic (exact) mass is 353 g/mol. The van der Waals surface area contributed by atoms with Crippen molar-refractivity contribution in [1.29, 1.82) is 0 Å². The molecule has 0 aromatic heterocycles. The molecule has 2 rings (SSSR count). The standard InChI is InChI=1S/C14H15N3O4S2/c1-2-20-11-5-9(3-4-10(11)21-7-12(15)18)6-16-17-13(19)8-23-14(17)22/h3-6H,2,7-8H2,1H3,(H2,15,18)/b16-6-. The van der Waals surface area contributed by atoms with Crippen molar-refractivity contribution in [3.8, 4) is 11.5 Å². The zero-order valence-electron chi connectivity index (χ0n) is 12.4. The van der Waals surface area contributed by atoms with Crippen LogP contribution in [0, 0.1) is 0 Å². The van der Waals surface area contributed by atoms with E-state index in [0.29, 0.717) is 33.7 Å². The number of rotatable bonds is 7. The fourth-order valence-corrected chi connectivity index (χ4v) is 2.69. The van der Waals surface area contributed by atoms with E-state index in [2.05, 4.69) is 5.10 Å². The number of carbonyl (C=O) groups is 2. The molecule has 9 heteroatoms. The number of thioether (sulfide) groups is 1. The highest BCUT2D eigenvalue weighted by Gasteiger charge is 2.25. The van der Waals surface area contributed by atoms with Crippen molar-refractivity contribution < 1.29 is 19.1 Å². The van der Waals surface area contributed by atoms with Gasteiger partial charge >= 0.3 is 0 Å². The van der Waals surface area contributed by atoms with Crippen LogP contribution in [0.1, 0.15) is 12.5 Å². The number of nitrogens with zero attached hydrogens (tertiary/aromatic N) is 2. The van der Waals surface area contributed by atoms with Gasteiger partial charge in [-0.3, -0.25) is 9.59 Å². The van der Waals surface area contributed by atoms with E-state index in [4.69, 9.17) is 27.4 Å². The molecule has 7 nitrogen and oxygen atoms in total. The van der Waals surface area contributed by atoms with Crippen LogP contribution < -0.4 is 15.2 Å². The number of primary amides is 1. The molecule has 1 aliphatic heterocycles. The number of nitrogens with two attached hydrogens (primary N) is 1. The normalized spacial score (nSPS) is 14.6. The van der Waals surface area contributed by atoms with Crippen LogP contribution >= 0.6 is 24.0 Å². The molecule has 23 heavy (non-hydrogen) atoms. The largest absolute Gasteiger partial charge is 0.490 e. The van der Waals surface area contributed by atoms with Crippen molar-refractivity contribution in [2.24, 2.45) is 10.8 Å². The van der Waals surface area contributed by atoms with Crippen LogP contribution in [0.2, 0.25) is 0 Å². The summed E-state index contributed by atoms with van der Waals surface area (Å²) in [6, 6.07) is 5.06. The maximum atomic E-state index is 11.6. The van der Waals surface area contributed by atoms with E-state index < -0.39 is 5.91 Å². The van der Waals surface area contributed by atoms with E-state index in [1.165, 1.54) is 23.0 Å². The highest BCUT2D eigenvalue weighted by Crippen LogP contribution is 2.28. The van der Waals surface area contributed by atoms with Gasteiger partial charge < -0.3 is 15.2 Å². The van der Waals surface area contributed by atoms with Gasteiger partial charge in [0.15, 0.2) is 22.4 Å². The van der Waals surface area contributed by atoms with Gasteiger partial charge in [0.25, 0.3) is 11.8 Å². The van der Waals surface area contributed by atoms with E-state index in [1.807, 2.05) is 6.92 Å². The van der Waals surface area contributed by atoms with Crippen LogP contribution in [0.3, 0.4) is 0 Å². The van der Waals surface area contributed by atoms with Crippen molar-refractivity contribution in [2.45, 2.75) is 6.92 Å². The van der Waals surface area contributed by atoms with Gasteiger partial charge in [-0.2, -0.15) is 10.1 Å². The first-order chi connectivity index (χ1) is 11.0. The Hall–Kier alpha value is -2.13. The average Bonchev–Trinajstić information content (AvgIpc) is 2.83. The molecule has 0 aliphatic carbocycles. The number of thiocarbonyl (C=S) groups is 1. The quantitative estimate of drug-likeness (QED) is 0.584. The summed E-state index contributed by atoms with van der Waals surface area (Å²) in [5, 5.41) is 5.28. The Morgan fingerprint density at radius 1 is 1.48 bits per heavy atom. The van der Waals surface area contributed by atoms with Gasteiger partial charge in [0, 0.05) is 0 Å². The Morgan fingerprint density at radius 3 is 2.87 bits per heavy atom. The van der Waals surface area contributed by atoms with Crippen molar-refractivity contribution in [1.82, 2.24) is 5.01 Å². The zero-order valence-corrected chi connectivity index (χ0v) is 14.0. The third-order valence-electron chi connectivity index (χ3n) is 2.69. The van der Waals surface area contributed by atoms with Gasteiger partial charge in [-0.05, 0) is 30.7 Å². The Bertz CT molecular complexity index is 647. The van der Waals surface area contributed by atoms with E-state index in [1.54, 1.807) is 18.2 Å². The summed E-state index contributed by atoms with van der Waals surface area (Å²) in [6.45, 7) is 2.03. The summed E-state index contributed by atoms with van der Waals surface area (Å²) < 4.78 is 11.2. The topological polar surface area (TPSA) is 94.2 Å². The Morgan fingerprint density at radius 2 is 2.26 bits per heavy atom. The molecule has 1 aromatic rings. The Labute approximate surface area is 142 Å². The number of amides is 2. The lowest BCUT2D eigenvalue weighted by atomic mass is 10.2. The van der Waals surface area contributed by atoms with Crippen molar-refractivity contribution in [2.75, 3.05) is 19.0 Å². The van der Waals surface area contributed by atoms with E-state index >= 15 is 0 Å². The minimum atomic E-state index is -0.573. The van der Waals surface area contributed by atoms with Gasteiger partial charge in [0.2, 0.25) is 0 Å². The molecular weight excluding hydrogens is 338 g/mol. The molecule has 2 amide bonds. The molecule has 1 saturated heterocycles. The Kier molecular flexibility index (Phi) is 5.94. The zero-order chi connectivity index (χ0) is 16.8. The summed E-state index contributed by atoms with van der Waals surface area (Å²) in [5.74, 6) is 0.452. The number of hydrazone groups is 1. The smallest absolute Gasteiger partial charge is 0.259 e. The minimum Gasteiger partial charge on any atom is -0.490 e. The van der Waals surface area contributed by atoms with Crippen LogP contribution in [0.4, 0.5) is 0 Å². The molecule has 122 valence electrons. The SMILES string of the molecule is CCOc1cc(/C=N\N2C(=O)CSC2=S)ccc1OCC(N)=O. The molecule has 1 fully saturated rings. The van der Waals surface area contributed by atoms with Crippen molar-refractivity contribution in [3.63, 3.8) is 0 Å². The number of benzene rings is 1. The number of hydrogen-bond donors (Lipinski definition) is 1. The molecule has 0 atom stereocenters. The van der Waals surface area contributed by atoms with Gasteiger partial charge in [0.1, 0.15) is 0 Å². The second-order valence-corrected chi connectivity index (χ2v) is 6.01. The van der Waals surface area contributed by atoms with Crippen molar-refractivity contribution in [3.05, 3.63) is 23.8 Å². The van der Waals surface area contributed by atoms with Crippen LogP contribution in [-0.4, -0.2) is 46.3 Å². The summed E-state index contributed by atoms with van der Waals surface area (Å²) in [6.07, 6.45) is 1.51. The van der Waals surface area contributed by atoms with Crippen molar-refractivity contribution >= 4 is 46.3 Å². The average molecular weight is 353 g/mol. The second kappa shape index (κ2) is 7.93. The minimum absolute atomic E-state index is 0.150. The molecule has 1 heterocycles. The molecule has 1 aromatic carbocycles. The molecule has 0 saturated carbocycles. The van der Waals surface area contributed by atoms with Gasteiger partial charge in [-0.25, -0.2) is 0 Å². The molecule has 0 bridgehead atoms. The maximum absolute atomic E-state index is 11.6. The van der Waals surface area contributed by atoms with Crippen LogP contribution in [0.15, 0.2) is 23.3 Å². The molecule has 2 N–H and O–H groups in total. The van der Waals surface area contributed by atoms with Gasteiger partial charge in [-0.1, -0.05) is 24.0 Å². The molecule has 0 radical (unpaired) electrons. The summed E-state index contributed by atoms with van der Waals surface area (Å²) in [4.78, 5) is 22.4. The summed E-state index contributed by atoms with van der Waals surface area (Å²) >= 11 is 6.32. The van der Waals surface area contributed by atoms with E-state index in [0.717, 1.165) is 0 Å². The van der Waals surface area contributed by atoms with Crippen LogP contribution in [0.5, 0.6) is 11.5 Å². The predicted octanol–water partition coefficient (Wildman–Crippen LogP) is 1.14. The third kappa shape index (κ3) is 4.67. The fourth-order valence-electron chi connectivity index (χ4n) is 1.72. The summed E-state index contributed by atoms with van der Waals surface area (Å²) in [7, 11) is 0. The first-order valence-corrected chi connectivity index (χ1v) is 8.12. The molecule has 0 spiro atoms. The highest BCUT2D eigenvalue weighted by molar-refractivity contribution is 8.23. The van der Waals surface area contributed by atoms with E-state index in [-0.39, 0.29) is 12.5 Å². The number of carbonyl (C=O) groups excluding carboxylic acids is 2. The molecular formula is C14H15N3O4S2. The maximum Gasteiger partial charge on any atom is 0.259 e. The lowest BCUT2D eigenvalue weighted by molar-refractivity contribution is -0.124. The third-order valence-corrected chi connectivity index (χ3v) is 4.03. The van der Waals surface area contributed by atoms with Gasteiger partial charge in [-0.15, -0.1) is 0 Å². The van der Waals surface area contributed by atoms with E-state index in [9.17, 15) is 9.59 Å². The van der Waals surface area contributed by atoms with Gasteiger partial charge in [0.05, 0.1) is 18.6 Å². The first kappa shape index (κ1) is 17.2. The van der Waals surface area contributed by atoms with Crippen LogP contribution in [0.25, 0.3) is 0 Å². The first-order valence-electron chi connectivity index (χ1n) is 6.73. The highest BCUT2D eigenvalue weighted by atomic mass is 32.2. The second-order valence-electron chi connectivity index (χ2n) is 4.40. The summed E-state index contributed by atoms with van der Waals surface area (Å²) in [5.41, 5.74) is 5.76. The Balaban J connectivity index is 2.16. The molecule has 1 aliphatic rings. The fraction of sp³-hybridized carbons (Fsp3) is 0.286. The predicted molar refractivity (Wildman–Crippen MR) is 91.8 cm³/mol. The number of ether oxygens (including phenoxy) is 2. The lowest BCUT2D eigenvalue weighted by Gasteiger charge is -2.12. The number of hydrogen-bond acceptors (Lipinski definition) is 7. The molecule has 0 unspecified atom stereocenters. The lowest BCUT2D eigenvalue weighted by Crippen LogP contribution is -2.22.